The van der Waals surface area contributed by atoms with Crippen molar-refractivity contribution < 1.29 is 19.2 Å². The van der Waals surface area contributed by atoms with Crippen molar-refractivity contribution in [2.75, 3.05) is 20.8 Å². The van der Waals surface area contributed by atoms with Gasteiger partial charge in [-0.3, -0.25) is 14.9 Å². The molecule has 1 unspecified atom stereocenters. The van der Waals surface area contributed by atoms with Crippen molar-refractivity contribution in [2.45, 2.75) is 6.04 Å². The van der Waals surface area contributed by atoms with E-state index in [0.29, 0.717) is 5.75 Å². The van der Waals surface area contributed by atoms with E-state index >= 15 is 0 Å². The number of amides is 1. The number of nitro benzene ring substituents is 1. The summed E-state index contributed by atoms with van der Waals surface area (Å²) in [5.41, 5.74) is 4.88. The molecule has 104 valence electrons. The number of nitrogens with zero attached hydrogens (tertiary/aromatic N) is 1. The molecule has 1 rings (SSSR count). The molecule has 0 aromatic heterocycles. The number of benzene rings is 1. The molecule has 0 bridgehead atoms. The van der Waals surface area contributed by atoms with Crippen LogP contribution in [0.15, 0.2) is 18.2 Å². The van der Waals surface area contributed by atoms with Gasteiger partial charge in [-0.25, -0.2) is 0 Å². The molecule has 0 spiro atoms. The van der Waals surface area contributed by atoms with Crippen LogP contribution < -0.4 is 20.5 Å². The fraction of sp³-hybridized carbons (Fsp3) is 0.364. The summed E-state index contributed by atoms with van der Waals surface area (Å²) < 4.78 is 10.2. The van der Waals surface area contributed by atoms with Crippen LogP contribution in [-0.4, -0.2) is 37.6 Å². The average molecular weight is 269 g/mol. The van der Waals surface area contributed by atoms with Gasteiger partial charge >= 0.3 is 5.69 Å². The van der Waals surface area contributed by atoms with Gasteiger partial charge < -0.3 is 20.5 Å². The molecule has 19 heavy (non-hydrogen) atoms. The third-order valence-corrected chi connectivity index (χ3v) is 2.46. The van der Waals surface area contributed by atoms with Crippen LogP contribution >= 0.6 is 0 Å². The lowest BCUT2D eigenvalue weighted by Gasteiger charge is -2.13. The second kappa shape index (κ2) is 6.55. The second-order valence-electron chi connectivity index (χ2n) is 3.65. The van der Waals surface area contributed by atoms with Gasteiger partial charge in [0.05, 0.1) is 18.1 Å². The van der Waals surface area contributed by atoms with Crippen molar-refractivity contribution in [3.8, 4) is 11.5 Å². The highest BCUT2D eigenvalue weighted by molar-refractivity contribution is 5.80. The molecule has 1 aromatic rings. The first-order valence-electron chi connectivity index (χ1n) is 5.41. The van der Waals surface area contributed by atoms with Crippen LogP contribution in [0.5, 0.6) is 11.5 Å². The van der Waals surface area contributed by atoms with Gasteiger partial charge in [-0.2, -0.15) is 0 Å². The van der Waals surface area contributed by atoms with E-state index in [1.807, 2.05) is 0 Å². The third-order valence-electron chi connectivity index (χ3n) is 2.46. The zero-order valence-electron chi connectivity index (χ0n) is 10.6. The molecular formula is C11H15N3O5. The minimum Gasteiger partial charge on any atom is -0.496 e. The lowest BCUT2D eigenvalue weighted by atomic mass is 10.2. The van der Waals surface area contributed by atoms with E-state index in [4.69, 9.17) is 15.2 Å². The lowest BCUT2D eigenvalue weighted by Crippen LogP contribution is -2.43. The van der Waals surface area contributed by atoms with Gasteiger partial charge in [0.2, 0.25) is 5.91 Å². The number of likely N-dealkylation sites (N-methyl/N-ethyl adjacent to an activating group) is 1. The Morgan fingerprint density at radius 2 is 2.26 bits per heavy atom. The monoisotopic (exact) mass is 269 g/mol. The molecule has 0 fully saturated rings. The van der Waals surface area contributed by atoms with Crippen LogP contribution in [0.1, 0.15) is 0 Å². The number of primary amides is 1. The number of hydrogen-bond donors (Lipinski definition) is 2. The number of hydrogen-bond acceptors (Lipinski definition) is 6. The van der Waals surface area contributed by atoms with Crippen molar-refractivity contribution >= 4 is 11.6 Å². The summed E-state index contributed by atoms with van der Waals surface area (Å²) in [7, 11) is 2.95. The summed E-state index contributed by atoms with van der Waals surface area (Å²) in [5, 5.41) is 13.5. The van der Waals surface area contributed by atoms with Crippen LogP contribution in [0, 0.1) is 10.1 Å². The summed E-state index contributed by atoms with van der Waals surface area (Å²) in [6, 6.07) is 3.46. The number of carbonyl (C=O) groups is 1. The van der Waals surface area contributed by atoms with E-state index in [1.54, 1.807) is 7.05 Å². The summed E-state index contributed by atoms with van der Waals surface area (Å²) in [5.74, 6) is -0.204. The lowest BCUT2D eigenvalue weighted by molar-refractivity contribution is -0.386. The number of carbonyl (C=O) groups excluding carboxylic acids is 1. The summed E-state index contributed by atoms with van der Waals surface area (Å²) >= 11 is 0. The Morgan fingerprint density at radius 1 is 1.58 bits per heavy atom. The van der Waals surface area contributed by atoms with Crippen molar-refractivity contribution in [3.63, 3.8) is 0 Å². The topological polar surface area (TPSA) is 117 Å². The zero-order valence-corrected chi connectivity index (χ0v) is 10.6. The fourth-order valence-corrected chi connectivity index (χ4v) is 1.37. The van der Waals surface area contributed by atoms with E-state index in [9.17, 15) is 14.9 Å². The Morgan fingerprint density at radius 3 is 2.74 bits per heavy atom. The molecule has 0 aliphatic heterocycles. The minimum absolute atomic E-state index is 0.0484. The van der Waals surface area contributed by atoms with Crippen molar-refractivity contribution in [3.05, 3.63) is 28.3 Å². The van der Waals surface area contributed by atoms with Crippen LogP contribution in [0.3, 0.4) is 0 Å². The maximum Gasteiger partial charge on any atom is 0.314 e. The highest BCUT2D eigenvalue weighted by Gasteiger charge is 2.19. The van der Waals surface area contributed by atoms with Crippen LogP contribution in [0.25, 0.3) is 0 Å². The number of nitro groups is 1. The Bertz CT molecular complexity index is 477. The number of nitrogens with two attached hydrogens (primary N) is 1. The number of nitrogens with one attached hydrogen (secondary N) is 1. The molecule has 0 saturated carbocycles. The molecule has 8 heteroatoms. The van der Waals surface area contributed by atoms with Gasteiger partial charge in [-0.05, 0) is 19.2 Å². The van der Waals surface area contributed by atoms with Gasteiger partial charge in [0.15, 0.2) is 5.75 Å². The second-order valence-corrected chi connectivity index (χ2v) is 3.65. The Hall–Kier alpha value is -2.35. The Kier molecular flexibility index (Phi) is 5.07. The summed E-state index contributed by atoms with van der Waals surface area (Å²) in [6.45, 7) is -0.0982. The predicted molar refractivity (Wildman–Crippen MR) is 67.2 cm³/mol. The van der Waals surface area contributed by atoms with Crippen LogP contribution in [0.4, 0.5) is 5.69 Å². The van der Waals surface area contributed by atoms with Crippen molar-refractivity contribution in [1.29, 1.82) is 0 Å². The molecule has 0 saturated heterocycles. The summed E-state index contributed by atoms with van der Waals surface area (Å²) in [4.78, 5) is 21.3. The highest BCUT2D eigenvalue weighted by atomic mass is 16.6. The van der Waals surface area contributed by atoms with Gasteiger partial charge in [-0.15, -0.1) is 0 Å². The molecule has 0 aliphatic rings. The first kappa shape index (κ1) is 14.7. The summed E-state index contributed by atoms with van der Waals surface area (Å²) in [6.07, 6.45) is 0. The SMILES string of the molecule is CNC(COc1ccc(OC)cc1[N+](=O)[O-])C(N)=O. The van der Waals surface area contributed by atoms with Crippen LogP contribution in [0.2, 0.25) is 0 Å². The standard InChI is InChI=1S/C11H15N3O5/c1-13-8(11(12)15)6-19-10-4-3-7(18-2)5-9(10)14(16)17/h3-5,8,13H,6H2,1-2H3,(H2,12,15). The van der Waals surface area contributed by atoms with Gasteiger partial charge in [-0.1, -0.05) is 0 Å². The van der Waals surface area contributed by atoms with E-state index in [1.165, 1.54) is 25.3 Å². The van der Waals surface area contributed by atoms with E-state index in [-0.39, 0.29) is 18.0 Å². The van der Waals surface area contributed by atoms with Gasteiger partial charge in [0.25, 0.3) is 0 Å². The van der Waals surface area contributed by atoms with Gasteiger partial charge in [0.1, 0.15) is 18.4 Å². The molecule has 8 nitrogen and oxygen atoms in total. The molecule has 3 N–H and O–H groups in total. The number of ether oxygens (including phenoxy) is 2. The normalized spacial score (nSPS) is 11.7. The Balaban J connectivity index is 2.88. The quantitative estimate of drug-likeness (QED) is 0.533. The molecule has 0 heterocycles. The first-order valence-corrected chi connectivity index (χ1v) is 5.41. The Labute approximate surface area is 109 Å². The fourth-order valence-electron chi connectivity index (χ4n) is 1.37. The van der Waals surface area contributed by atoms with Crippen molar-refractivity contribution in [2.24, 2.45) is 5.73 Å². The van der Waals surface area contributed by atoms with E-state index in [0.717, 1.165) is 0 Å². The smallest absolute Gasteiger partial charge is 0.314 e. The predicted octanol–water partition coefficient (Wildman–Crippen LogP) is 0.0555. The largest absolute Gasteiger partial charge is 0.496 e. The molecule has 0 aliphatic carbocycles. The number of rotatable bonds is 7. The zero-order chi connectivity index (χ0) is 14.4. The molecule has 1 aromatic carbocycles. The highest BCUT2D eigenvalue weighted by Crippen LogP contribution is 2.30. The number of methoxy groups -OCH3 is 1. The van der Waals surface area contributed by atoms with E-state index in [2.05, 4.69) is 5.32 Å². The minimum atomic E-state index is -0.721. The maximum absolute atomic E-state index is 11.0. The average Bonchev–Trinajstić information content (AvgIpc) is 2.38. The molecule has 1 amide bonds. The van der Waals surface area contributed by atoms with E-state index < -0.39 is 16.9 Å². The maximum atomic E-state index is 11.0. The third kappa shape index (κ3) is 3.81. The molecule has 0 radical (unpaired) electrons. The molecular weight excluding hydrogens is 254 g/mol. The van der Waals surface area contributed by atoms with Gasteiger partial charge in [0, 0.05) is 0 Å². The van der Waals surface area contributed by atoms with Crippen molar-refractivity contribution in [1.82, 2.24) is 5.32 Å². The first-order chi connectivity index (χ1) is 8.99. The van der Waals surface area contributed by atoms with Crippen LogP contribution in [-0.2, 0) is 4.79 Å². The molecule has 1 atom stereocenters.